The summed E-state index contributed by atoms with van der Waals surface area (Å²) in [6.07, 6.45) is 0. The summed E-state index contributed by atoms with van der Waals surface area (Å²) < 4.78 is 32.3. The largest absolute Gasteiger partial charge is 0.567 e. The van der Waals surface area contributed by atoms with Crippen LogP contribution in [0.5, 0.6) is 0 Å². The van der Waals surface area contributed by atoms with E-state index in [1.165, 1.54) is 10.7 Å². The molecule has 0 radical (unpaired) electrons. The molecule has 0 unspecified atom stereocenters. The van der Waals surface area contributed by atoms with E-state index < -0.39 is 15.6 Å². The van der Waals surface area contributed by atoms with Crippen LogP contribution in [0.3, 0.4) is 0 Å². The number of hydrogen-bond acceptors (Lipinski definition) is 3. The molecule has 3 aromatic rings. The van der Waals surface area contributed by atoms with Crippen molar-refractivity contribution in [2.45, 2.75) is 25.7 Å². The molecule has 7 heteroatoms. The number of aryl methyl sites for hydroxylation is 2. The number of hydrogen-bond donors (Lipinski definition) is 0. The highest BCUT2D eigenvalue weighted by Crippen LogP contribution is 2.29. The van der Waals surface area contributed by atoms with Gasteiger partial charge in [-0.15, -0.1) is 0 Å². The second-order valence-corrected chi connectivity index (χ2v) is 7.83. The van der Waals surface area contributed by atoms with Gasteiger partial charge in [0, 0.05) is 12.7 Å². The number of nitrogens with zero attached hydrogens (tertiary/aromatic N) is 3. The molecule has 0 N–H and O–H groups in total. The van der Waals surface area contributed by atoms with Crippen molar-refractivity contribution < 1.29 is 8.42 Å². The first-order valence-electron chi connectivity index (χ1n) is 8.11. The molecule has 6 nitrogen and oxygen atoms in total. The fourth-order valence-corrected chi connectivity index (χ4v) is 3.83. The van der Waals surface area contributed by atoms with Crippen molar-refractivity contribution >= 4 is 15.7 Å². The lowest BCUT2D eigenvalue weighted by molar-refractivity contribution is 0.603. The Hall–Kier alpha value is -2.80. The molecule has 1 heterocycles. The SMILES string of the molecule is Cc1ccc(S(=O)(=O)[N-]c2c(C)n(C)n(-c3ccccc3)c2=O)cc1C. The van der Waals surface area contributed by atoms with Gasteiger partial charge in [0.1, 0.15) is 10.0 Å². The molecule has 3 rings (SSSR count). The van der Waals surface area contributed by atoms with Crippen LogP contribution >= 0.6 is 0 Å². The zero-order valence-corrected chi connectivity index (χ0v) is 15.9. The average molecular weight is 370 g/mol. The Morgan fingerprint density at radius 3 is 2.19 bits per heavy atom. The molecule has 26 heavy (non-hydrogen) atoms. The Morgan fingerprint density at radius 1 is 0.923 bits per heavy atom. The van der Waals surface area contributed by atoms with Crippen molar-refractivity contribution in [2.75, 3.05) is 0 Å². The van der Waals surface area contributed by atoms with E-state index in [1.54, 1.807) is 42.9 Å². The topological polar surface area (TPSA) is 75.2 Å². The Kier molecular flexibility index (Phi) is 4.50. The quantitative estimate of drug-likeness (QED) is 0.705. The zero-order chi connectivity index (χ0) is 19.1. The van der Waals surface area contributed by atoms with E-state index in [1.807, 2.05) is 32.0 Å². The first-order chi connectivity index (χ1) is 12.2. The number of aromatic nitrogens is 2. The van der Waals surface area contributed by atoms with Gasteiger partial charge in [-0.25, -0.2) is 13.1 Å². The molecule has 0 atom stereocenters. The van der Waals surface area contributed by atoms with Crippen molar-refractivity contribution in [3.05, 3.63) is 80.4 Å². The van der Waals surface area contributed by atoms with Gasteiger partial charge in [0.05, 0.1) is 10.6 Å². The van der Waals surface area contributed by atoms with E-state index in [9.17, 15) is 13.2 Å². The summed E-state index contributed by atoms with van der Waals surface area (Å²) in [6, 6.07) is 13.8. The Labute approximate surface area is 152 Å². The highest BCUT2D eigenvalue weighted by molar-refractivity contribution is 7.94. The number of sulfonamides is 1. The van der Waals surface area contributed by atoms with Crippen molar-refractivity contribution in [3.8, 4) is 5.69 Å². The van der Waals surface area contributed by atoms with E-state index in [-0.39, 0.29) is 10.6 Å². The van der Waals surface area contributed by atoms with E-state index in [0.29, 0.717) is 11.4 Å². The minimum absolute atomic E-state index is 0.0745. The molecule has 0 aliphatic heterocycles. The molecule has 0 amide bonds. The standard InChI is InChI=1S/C19H20N3O3S/c1-13-10-11-17(12-14(13)2)26(24,25)20-18-15(3)21(4)22(19(18)23)16-8-6-5-7-9-16/h5-12H,1-4H3/q-1. The molecule has 0 aliphatic rings. The lowest BCUT2D eigenvalue weighted by Crippen LogP contribution is -2.19. The van der Waals surface area contributed by atoms with Crippen molar-refractivity contribution in [2.24, 2.45) is 7.05 Å². The maximum atomic E-state index is 12.8. The summed E-state index contributed by atoms with van der Waals surface area (Å²) >= 11 is 0. The molecule has 0 saturated heterocycles. The summed E-state index contributed by atoms with van der Waals surface area (Å²) in [4.78, 5) is 12.9. The molecule has 1 aromatic heterocycles. The first-order valence-corrected chi connectivity index (χ1v) is 9.55. The second-order valence-electron chi connectivity index (χ2n) is 6.22. The molecular formula is C19H20N3O3S-. The Bertz CT molecular complexity index is 1130. The lowest BCUT2D eigenvalue weighted by atomic mass is 10.1. The maximum absolute atomic E-state index is 12.8. The molecule has 0 aliphatic carbocycles. The summed E-state index contributed by atoms with van der Waals surface area (Å²) in [6.45, 7) is 5.42. The van der Waals surface area contributed by atoms with E-state index in [0.717, 1.165) is 11.1 Å². The van der Waals surface area contributed by atoms with Gasteiger partial charge in [0.25, 0.3) is 5.56 Å². The van der Waals surface area contributed by atoms with Crippen molar-refractivity contribution in [3.63, 3.8) is 0 Å². The van der Waals surface area contributed by atoms with Crippen molar-refractivity contribution in [1.29, 1.82) is 0 Å². The van der Waals surface area contributed by atoms with Gasteiger partial charge < -0.3 is 4.72 Å². The van der Waals surface area contributed by atoms with Gasteiger partial charge in [-0.1, -0.05) is 24.3 Å². The predicted molar refractivity (Wildman–Crippen MR) is 102 cm³/mol. The monoisotopic (exact) mass is 370 g/mol. The van der Waals surface area contributed by atoms with Gasteiger partial charge in [-0.05, 0) is 61.9 Å². The van der Waals surface area contributed by atoms with Crippen LogP contribution in [0.4, 0.5) is 5.69 Å². The average Bonchev–Trinajstić information content (AvgIpc) is 2.81. The Morgan fingerprint density at radius 2 is 1.58 bits per heavy atom. The van der Waals surface area contributed by atoms with Crippen LogP contribution in [0.25, 0.3) is 10.4 Å². The maximum Gasteiger partial charge on any atom is 0.257 e. The Balaban J connectivity index is 2.08. The van der Waals surface area contributed by atoms with Gasteiger partial charge in [0.15, 0.2) is 0 Å². The molecule has 2 aromatic carbocycles. The van der Waals surface area contributed by atoms with Crippen LogP contribution in [0.1, 0.15) is 16.8 Å². The summed E-state index contributed by atoms with van der Waals surface area (Å²) in [7, 11) is -2.29. The van der Waals surface area contributed by atoms with E-state index in [4.69, 9.17) is 0 Å². The summed E-state index contributed by atoms with van der Waals surface area (Å²) in [5.74, 6) is 0. The second kappa shape index (κ2) is 6.49. The lowest BCUT2D eigenvalue weighted by Gasteiger charge is -2.20. The molecule has 136 valence electrons. The van der Waals surface area contributed by atoms with Crippen LogP contribution in [0.2, 0.25) is 0 Å². The van der Waals surface area contributed by atoms with Crippen molar-refractivity contribution in [1.82, 2.24) is 9.36 Å². The highest BCUT2D eigenvalue weighted by atomic mass is 32.2. The zero-order valence-electron chi connectivity index (χ0n) is 15.1. The smallest absolute Gasteiger partial charge is 0.257 e. The van der Waals surface area contributed by atoms with Gasteiger partial charge >= 0.3 is 0 Å². The van der Waals surface area contributed by atoms with E-state index in [2.05, 4.69) is 4.72 Å². The molecule has 0 saturated carbocycles. The molecule has 0 bridgehead atoms. The van der Waals surface area contributed by atoms with Crippen LogP contribution in [0, 0.1) is 20.8 Å². The van der Waals surface area contributed by atoms with Gasteiger partial charge in [-0.3, -0.25) is 9.48 Å². The highest BCUT2D eigenvalue weighted by Gasteiger charge is 2.14. The summed E-state index contributed by atoms with van der Waals surface area (Å²) in [5.41, 5.74) is 2.43. The number of rotatable bonds is 4. The number of para-hydroxylation sites is 1. The fourth-order valence-electron chi connectivity index (χ4n) is 2.71. The third kappa shape index (κ3) is 3.06. The van der Waals surface area contributed by atoms with E-state index >= 15 is 0 Å². The summed E-state index contributed by atoms with van der Waals surface area (Å²) in [5, 5.41) is 0. The number of benzene rings is 2. The van der Waals surface area contributed by atoms with Crippen LogP contribution in [0.15, 0.2) is 58.2 Å². The van der Waals surface area contributed by atoms with Gasteiger partial charge in [-0.2, -0.15) is 0 Å². The molecular weight excluding hydrogens is 350 g/mol. The minimum atomic E-state index is -3.98. The fraction of sp³-hybridized carbons (Fsp3) is 0.211. The minimum Gasteiger partial charge on any atom is -0.567 e. The molecule has 0 fully saturated rings. The van der Waals surface area contributed by atoms with Crippen LogP contribution in [-0.4, -0.2) is 17.8 Å². The predicted octanol–water partition coefficient (Wildman–Crippen LogP) is 3.50. The van der Waals surface area contributed by atoms with Gasteiger partial charge in [0.2, 0.25) is 0 Å². The van der Waals surface area contributed by atoms with Crippen LogP contribution in [-0.2, 0) is 17.1 Å². The normalized spacial score (nSPS) is 11.5. The first kappa shape index (κ1) is 18.0. The molecule has 0 spiro atoms. The third-order valence-corrected chi connectivity index (χ3v) is 5.78. The third-order valence-electron chi connectivity index (χ3n) is 4.51. The van der Waals surface area contributed by atoms with Crippen LogP contribution < -0.4 is 5.56 Å².